The number of hydrogen-bond acceptors (Lipinski definition) is 10. The van der Waals surface area contributed by atoms with E-state index in [1.165, 1.54) is 15.9 Å². The molecule has 9 aromatic rings. The zero-order valence-corrected chi connectivity index (χ0v) is 30.2. The first-order valence-corrected chi connectivity index (χ1v) is 18.3. The molecule has 0 aliphatic carbocycles. The molecule has 57 heavy (non-hydrogen) atoms. The molecule has 14 heteroatoms. The average molecular weight is 768 g/mol. The predicted octanol–water partition coefficient (Wildman–Crippen LogP) is 9.03. The quantitative estimate of drug-likeness (QED) is 0.108. The molecule has 274 valence electrons. The number of non-ortho nitro benzene ring substituents is 2. The summed E-state index contributed by atoms with van der Waals surface area (Å²) in [4.78, 5) is 56.6. The Kier molecular flexibility index (Phi) is 8.56. The van der Waals surface area contributed by atoms with E-state index in [4.69, 9.17) is 4.98 Å². The maximum atomic E-state index is 14.9. The van der Waals surface area contributed by atoms with Crippen LogP contribution in [0.2, 0.25) is 0 Å². The Hall–Kier alpha value is -7.97. The van der Waals surface area contributed by atoms with Crippen LogP contribution in [0.4, 0.5) is 11.4 Å². The van der Waals surface area contributed by atoms with Crippen molar-refractivity contribution in [1.29, 1.82) is 0 Å². The van der Waals surface area contributed by atoms with E-state index in [-0.39, 0.29) is 33.5 Å². The SMILES string of the molecule is O=c1c2ccccc2nc(-c2cc([N+](=O)[O-])cc([N+](=O)[O-])c2)n1-c1ccc2c(=O)n(-c3nnc(-c4ccccc4)s3)c(-c3ccccc3)c(-c3ccccc3)c2c1. The summed E-state index contributed by atoms with van der Waals surface area (Å²) in [7, 11) is 0. The molecule has 0 atom stereocenters. The van der Waals surface area contributed by atoms with Crippen LogP contribution in [0.5, 0.6) is 0 Å². The van der Waals surface area contributed by atoms with Crippen LogP contribution in [-0.4, -0.2) is 34.2 Å². The van der Waals surface area contributed by atoms with Gasteiger partial charge in [0.2, 0.25) is 5.13 Å². The van der Waals surface area contributed by atoms with Crippen LogP contribution in [0.25, 0.3) is 76.8 Å². The number of aromatic nitrogens is 5. The number of nitro groups is 2. The normalized spacial score (nSPS) is 11.2. The molecule has 0 aliphatic rings. The molecular weight excluding hydrogens is 743 g/mol. The fraction of sp³-hybridized carbons (Fsp3) is 0. The lowest BCUT2D eigenvalue weighted by Crippen LogP contribution is -2.23. The van der Waals surface area contributed by atoms with E-state index in [2.05, 4.69) is 10.2 Å². The van der Waals surface area contributed by atoms with Crippen LogP contribution in [0.15, 0.2) is 161 Å². The van der Waals surface area contributed by atoms with Gasteiger partial charge < -0.3 is 0 Å². The van der Waals surface area contributed by atoms with Crippen LogP contribution < -0.4 is 11.1 Å². The van der Waals surface area contributed by atoms with Gasteiger partial charge in [-0.3, -0.25) is 34.4 Å². The molecule has 0 saturated heterocycles. The van der Waals surface area contributed by atoms with Crippen LogP contribution in [0, 0.1) is 20.2 Å². The van der Waals surface area contributed by atoms with E-state index in [9.17, 15) is 29.8 Å². The zero-order chi connectivity index (χ0) is 39.2. The molecule has 0 bridgehead atoms. The lowest BCUT2D eigenvalue weighted by atomic mass is 9.93. The Balaban J connectivity index is 1.39. The Labute approximate surface area is 325 Å². The Bertz CT molecular complexity index is 3150. The van der Waals surface area contributed by atoms with Crippen molar-refractivity contribution < 1.29 is 9.85 Å². The van der Waals surface area contributed by atoms with Gasteiger partial charge >= 0.3 is 0 Å². The summed E-state index contributed by atoms with van der Waals surface area (Å²) in [5.41, 5.74) is 2.06. The summed E-state index contributed by atoms with van der Waals surface area (Å²) in [6.07, 6.45) is 0. The third-order valence-corrected chi connectivity index (χ3v) is 10.5. The number of nitro benzene ring substituents is 2. The van der Waals surface area contributed by atoms with E-state index in [1.54, 1.807) is 47.0 Å². The molecule has 0 fully saturated rings. The van der Waals surface area contributed by atoms with Gasteiger partial charge in [-0.1, -0.05) is 114 Å². The van der Waals surface area contributed by atoms with Gasteiger partial charge in [-0.25, -0.2) is 9.55 Å². The minimum Gasteiger partial charge on any atom is -0.268 e. The first-order chi connectivity index (χ1) is 27.8. The van der Waals surface area contributed by atoms with Gasteiger partial charge in [-0.2, -0.15) is 0 Å². The summed E-state index contributed by atoms with van der Waals surface area (Å²) in [6, 6.07) is 43.2. The van der Waals surface area contributed by atoms with Crippen molar-refractivity contribution in [2.24, 2.45) is 0 Å². The van der Waals surface area contributed by atoms with E-state index >= 15 is 0 Å². The number of hydrogen-bond donors (Lipinski definition) is 0. The molecular formula is C43H25N7O6S. The van der Waals surface area contributed by atoms with Crippen molar-refractivity contribution in [3.8, 4) is 55.2 Å². The summed E-state index contributed by atoms with van der Waals surface area (Å²) in [5.74, 6) is -0.0648. The molecule has 13 nitrogen and oxygen atoms in total. The predicted molar refractivity (Wildman–Crippen MR) is 219 cm³/mol. The van der Waals surface area contributed by atoms with Gasteiger partial charge in [0.25, 0.3) is 22.5 Å². The zero-order valence-electron chi connectivity index (χ0n) is 29.4. The maximum absolute atomic E-state index is 14.9. The fourth-order valence-electron chi connectivity index (χ4n) is 6.98. The van der Waals surface area contributed by atoms with Gasteiger partial charge in [0.1, 0.15) is 10.8 Å². The van der Waals surface area contributed by atoms with Gasteiger partial charge in [0.15, 0.2) is 0 Å². The highest BCUT2D eigenvalue weighted by atomic mass is 32.1. The van der Waals surface area contributed by atoms with Gasteiger partial charge in [0.05, 0.1) is 38.2 Å². The second kappa shape index (κ2) is 14.0. The molecule has 6 aromatic carbocycles. The van der Waals surface area contributed by atoms with E-state index in [1.807, 2.05) is 91.0 Å². The van der Waals surface area contributed by atoms with Crippen molar-refractivity contribution in [2.45, 2.75) is 0 Å². The summed E-state index contributed by atoms with van der Waals surface area (Å²) >= 11 is 1.27. The van der Waals surface area contributed by atoms with Crippen molar-refractivity contribution in [1.82, 2.24) is 24.3 Å². The number of pyridine rings is 1. The highest BCUT2D eigenvalue weighted by molar-refractivity contribution is 7.17. The minimum absolute atomic E-state index is 0.0204. The van der Waals surface area contributed by atoms with Crippen molar-refractivity contribution in [3.63, 3.8) is 0 Å². The van der Waals surface area contributed by atoms with Crippen molar-refractivity contribution in [3.05, 3.63) is 193 Å². The Morgan fingerprint density at radius 2 is 1.11 bits per heavy atom. The first kappa shape index (κ1) is 34.8. The lowest BCUT2D eigenvalue weighted by Gasteiger charge is -2.20. The molecule has 0 aliphatic heterocycles. The number of para-hydroxylation sites is 1. The molecule has 3 heterocycles. The summed E-state index contributed by atoms with van der Waals surface area (Å²) in [6.45, 7) is 0. The molecule has 9 rings (SSSR count). The third kappa shape index (κ3) is 6.11. The number of nitrogens with zero attached hydrogens (tertiary/aromatic N) is 7. The van der Waals surface area contributed by atoms with Crippen LogP contribution in [-0.2, 0) is 0 Å². The molecule has 0 amide bonds. The molecule has 0 N–H and O–H groups in total. The Morgan fingerprint density at radius 1 is 0.526 bits per heavy atom. The fourth-order valence-corrected chi connectivity index (χ4v) is 7.83. The van der Waals surface area contributed by atoms with Gasteiger partial charge in [0, 0.05) is 34.2 Å². The highest BCUT2D eigenvalue weighted by Crippen LogP contribution is 2.40. The maximum Gasteiger partial charge on any atom is 0.277 e. The largest absolute Gasteiger partial charge is 0.277 e. The van der Waals surface area contributed by atoms with Crippen molar-refractivity contribution in [2.75, 3.05) is 0 Å². The van der Waals surface area contributed by atoms with Crippen molar-refractivity contribution >= 4 is 44.4 Å². The summed E-state index contributed by atoms with van der Waals surface area (Å²) in [5, 5.41) is 34.9. The molecule has 0 unspecified atom stereocenters. The molecule has 0 radical (unpaired) electrons. The van der Waals surface area contributed by atoms with E-state index < -0.39 is 26.8 Å². The number of rotatable bonds is 8. The Morgan fingerprint density at radius 3 is 1.75 bits per heavy atom. The monoisotopic (exact) mass is 767 g/mol. The topological polar surface area (TPSA) is 169 Å². The summed E-state index contributed by atoms with van der Waals surface area (Å²) < 4.78 is 2.84. The second-order valence-electron chi connectivity index (χ2n) is 12.9. The highest BCUT2D eigenvalue weighted by Gasteiger charge is 2.26. The second-order valence-corrected chi connectivity index (χ2v) is 13.9. The number of benzene rings is 6. The first-order valence-electron chi connectivity index (χ1n) is 17.5. The van der Waals surface area contributed by atoms with Crippen LogP contribution in [0.1, 0.15) is 0 Å². The van der Waals surface area contributed by atoms with Crippen LogP contribution >= 0.6 is 11.3 Å². The smallest absolute Gasteiger partial charge is 0.268 e. The molecule has 3 aromatic heterocycles. The van der Waals surface area contributed by atoms with E-state index in [0.717, 1.165) is 29.3 Å². The average Bonchev–Trinajstić information content (AvgIpc) is 3.74. The van der Waals surface area contributed by atoms with Gasteiger partial charge in [-0.15, -0.1) is 10.2 Å². The lowest BCUT2D eigenvalue weighted by molar-refractivity contribution is -0.394. The third-order valence-electron chi connectivity index (χ3n) is 9.52. The van der Waals surface area contributed by atoms with Crippen LogP contribution in [0.3, 0.4) is 0 Å². The molecule has 0 spiro atoms. The standard InChI is InChI=1S/C43H25N7O6S/c51-41-33-21-20-30(47-39(44-36-19-11-10-18-34(36)42(47)52)29-22-31(49(53)54)24-32(23-29)50(55)56)25-35(33)37(26-12-4-1-5-13-26)38(27-14-6-2-7-15-27)48(41)43-46-45-40(57-43)28-16-8-3-9-17-28/h1-25H. The van der Waals surface area contributed by atoms with E-state index in [0.29, 0.717) is 37.7 Å². The molecule has 0 saturated carbocycles. The number of fused-ring (bicyclic) bond motifs is 2. The van der Waals surface area contributed by atoms with Gasteiger partial charge in [-0.05, 0) is 46.8 Å². The minimum atomic E-state index is -0.737.